The van der Waals surface area contributed by atoms with Crippen LogP contribution in [0.3, 0.4) is 0 Å². The Balaban J connectivity index is 1.63. The summed E-state index contributed by atoms with van der Waals surface area (Å²) in [7, 11) is 4.06. The van der Waals surface area contributed by atoms with Gasteiger partial charge >= 0.3 is 6.03 Å². The van der Waals surface area contributed by atoms with Crippen LogP contribution in [-0.4, -0.2) is 48.2 Å². The molecule has 7 heteroatoms. The van der Waals surface area contributed by atoms with Crippen molar-refractivity contribution in [1.29, 1.82) is 0 Å². The number of nitrogens with zero attached hydrogens (tertiary/aromatic N) is 3. The molecule has 6 nitrogen and oxygen atoms in total. The first-order chi connectivity index (χ1) is 11.6. The lowest BCUT2D eigenvalue weighted by Crippen LogP contribution is -2.42. The first-order valence-electron chi connectivity index (χ1n) is 8.22. The van der Waals surface area contributed by atoms with Gasteiger partial charge in [0, 0.05) is 19.2 Å². The second kappa shape index (κ2) is 7.36. The van der Waals surface area contributed by atoms with Crippen LogP contribution in [0.15, 0.2) is 27.4 Å². The molecular formula is C17H24N4O2S. The van der Waals surface area contributed by atoms with Gasteiger partial charge < -0.3 is 19.6 Å². The van der Waals surface area contributed by atoms with Crippen molar-refractivity contribution in [2.45, 2.75) is 31.8 Å². The number of likely N-dealkylation sites (N-methyl/N-ethyl adjacent to an activating group) is 1. The highest BCUT2D eigenvalue weighted by Gasteiger charge is 2.33. The molecule has 0 bridgehead atoms. The number of rotatable bonds is 5. The summed E-state index contributed by atoms with van der Waals surface area (Å²) in [4.78, 5) is 16.7. The molecule has 1 fully saturated rings. The van der Waals surface area contributed by atoms with E-state index in [1.807, 2.05) is 32.0 Å². The number of likely N-dealkylation sites (tertiary alicyclic amines) is 1. The molecule has 0 saturated carbocycles. The largest absolute Gasteiger partial charge is 0.359 e. The zero-order valence-electron chi connectivity index (χ0n) is 14.4. The molecule has 0 aliphatic carbocycles. The molecule has 1 saturated heterocycles. The molecule has 0 radical (unpaired) electrons. The van der Waals surface area contributed by atoms with E-state index in [0.717, 1.165) is 30.8 Å². The lowest BCUT2D eigenvalue weighted by Gasteiger charge is -2.27. The van der Waals surface area contributed by atoms with Crippen LogP contribution in [0.25, 0.3) is 0 Å². The summed E-state index contributed by atoms with van der Waals surface area (Å²) in [5.74, 6) is 0.780. The molecular weight excluding hydrogens is 324 g/mol. The minimum atomic E-state index is -0.0337. The van der Waals surface area contributed by atoms with Gasteiger partial charge in [0.25, 0.3) is 0 Å². The first kappa shape index (κ1) is 17.0. The Morgan fingerprint density at radius 2 is 2.42 bits per heavy atom. The van der Waals surface area contributed by atoms with Gasteiger partial charge in [-0.05, 0) is 56.3 Å². The number of hydrogen-bond acceptors (Lipinski definition) is 5. The van der Waals surface area contributed by atoms with E-state index in [2.05, 4.69) is 32.2 Å². The maximum absolute atomic E-state index is 12.7. The molecule has 24 heavy (non-hydrogen) atoms. The summed E-state index contributed by atoms with van der Waals surface area (Å²) in [6.45, 7) is 3.23. The van der Waals surface area contributed by atoms with Gasteiger partial charge in [-0.2, -0.15) is 11.3 Å². The number of carbonyl (C=O) groups excluding carboxylic acids is 1. The quantitative estimate of drug-likeness (QED) is 0.901. The van der Waals surface area contributed by atoms with Crippen molar-refractivity contribution in [2.75, 3.05) is 27.2 Å². The van der Waals surface area contributed by atoms with E-state index in [1.54, 1.807) is 11.3 Å². The second-order valence-corrected chi connectivity index (χ2v) is 7.22. The Morgan fingerprint density at radius 3 is 3.04 bits per heavy atom. The molecule has 3 rings (SSSR count). The van der Waals surface area contributed by atoms with Crippen molar-refractivity contribution in [2.24, 2.45) is 0 Å². The van der Waals surface area contributed by atoms with E-state index in [-0.39, 0.29) is 18.1 Å². The van der Waals surface area contributed by atoms with Crippen molar-refractivity contribution in [3.05, 3.63) is 39.9 Å². The van der Waals surface area contributed by atoms with E-state index >= 15 is 0 Å². The lowest BCUT2D eigenvalue weighted by molar-refractivity contribution is 0.178. The molecule has 0 aromatic carbocycles. The number of amides is 2. The molecule has 1 N–H and O–H groups in total. The topological polar surface area (TPSA) is 61.6 Å². The highest BCUT2D eigenvalue weighted by atomic mass is 32.1. The standard InChI is InChI=1S/C17H24N4O2S/c1-12-9-16(23-19-12)14-5-4-7-21(14)17(22)18-10-15(20(2)3)13-6-8-24-11-13/h6,8-9,11,14-15H,4-5,7,10H2,1-3H3,(H,18,22). The first-order valence-corrected chi connectivity index (χ1v) is 9.16. The smallest absolute Gasteiger partial charge is 0.318 e. The molecule has 1 aliphatic heterocycles. The molecule has 2 atom stereocenters. The molecule has 0 spiro atoms. The van der Waals surface area contributed by atoms with E-state index in [4.69, 9.17) is 4.52 Å². The maximum atomic E-state index is 12.7. The summed E-state index contributed by atoms with van der Waals surface area (Å²) in [5.41, 5.74) is 2.08. The fourth-order valence-corrected chi connectivity index (χ4v) is 3.90. The molecule has 3 heterocycles. The summed E-state index contributed by atoms with van der Waals surface area (Å²) in [5, 5.41) is 11.2. The number of carbonyl (C=O) groups is 1. The van der Waals surface area contributed by atoms with Crippen molar-refractivity contribution in [3.8, 4) is 0 Å². The highest BCUT2D eigenvalue weighted by molar-refractivity contribution is 7.07. The Bertz CT molecular complexity index is 668. The molecule has 2 amide bonds. The Kier molecular flexibility index (Phi) is 5.20. The van der Waals surface area contributed by atoms with E-state index < -0.39 is 0 Å². The zero-order valence-corrected chi connectivity index (χ0v) is 15.2. The second-order valence-electron chi connectivity index (χ2n) is 6.44. The van der Waals surface area contributed by atoms with Crippen LogP contribution >= 0.6 is 11.3 Å². The third kappa shape index (κ3) is 3.62. The van der Waals surface area contributed by atoms with Gasteiger partial charge in [-0.15, -0.1) is 0 Å². The SMILES string of the molecule is Cc1cc(C2CCCN2C(=O)NCC(c2ccsc2)N(C)C)on1. The van der Waals surface area contributed by atoms with Gasteiger partial charge in [0.1, 0.15) is 0 Å². The van der Waals surface area contributed by atoms with Gasteiger partial charge in [0.05, 0.1) is 17.8 Å². The number of hydrogen-bond donors (Lipinski definition) is 1. The Morgan fingerprint density at radius 1 is 1.58 bits per heavy atom. The number of aryl methyl sites for hydroxylation is 1. The molecule has 2 unspecified atom stereocenters. The average molecular weight is 348 g/mol. The predicted molar refractivity (Wildman–Crippen MR) is 94.1 cm³/mol. The Labute approximate surface area is 146 Å². The normalized spacial score (nSPS) is 19.0. The fourth-order valence-electron chi connectivity index (χ4n) is 3.19. The minimum Gasteiger partial charge on any atom is -0.359 e. The Hall–Kier alpha value is -1.86. The summed E-state index contributed by atoms with van der Waals surface area (Å²) in [6.07, 6.45) is 1.91. The maximum Gasteiger partial charge on any atom is 0.318 e. The van der Waals surface area contributed by atoms with Crippen molar-refractivity contribution in [3.63, 3.8) is 0 Å². The third-order valence-electron chi connectivity index (χ3n) is 4.49. The van der Waals surface area contributed by atoms with Crippen LogP contribution < -0.4 is 5.32 Å². The van der Waals surface area contributed by atoms with E-state index in [9.17, 15) is 4.79 Å². The van der Waals surface area contributed by atoms with Gasteiger partial charge in [-0.1, -0.05) is 5.16 Å². The highest BCUT2D eigenvalue weighted by Crippen LogP contribution is 2.32. The molecule has 130 valence electrons. The van der Waals surface area contributed by atoms with Gasteiger partial charge in [-0.25, -0.2) is 4.79 Å². The predicted octanol–water partition coefficient (Wildman–Crippen LogP) is 3.19. The summed E-state index contributed by atoms with van der Waals surface area (Å²) in [6, 6.07) is 4.16. The lowest BCUT2D eigenvalue weighted by atomic mass is 10.1. The van der Waals surface area contributed by atoms with Gasteiger partial charge in [-0.3, -0.25) is 0 Å². The van der Waals surface area contributed by atoms with Crippen molar-refractivity contribution >= 4 is 17.4 Å². The number of aromatic nitrogens is 1. The van der Waals surface area contributed by atoms with Crippen LogP contribution in [-0.2, 0) is 0 Å². The van der Waals surface area contributed by atoms with Crippen LogP contribution in [0.5, 0.6) is 0 Å². The van der Waals surface area contributed by atoms with Crippen LogP contribution in [0, 0.1) is 6.92 Å². The molecule has 2 aromatic rings. The van der Waals surface area contributed by atoms with Crippen molar-refractivity contribution in [1.82, 2.24) is 20.3 Å². The fraction of sp³-hybridized carbons (Fsp3) is 0.529. The number of nitrogens with one attached hydrogen (secondary N) is 1. The number of urea groups is 1. The molecule has 2 aromatic heterocycles. The van der Waals surface area contributed by atoms with Crippen LogP contribution in [0.2, 0.25) is 0 Å². The van der Waals surface area contributed by atoms with Gasteiger partial charge in [0.2, 0.25) is 0 Å². The zero-order chi connectivity index (χ0) is 17.1. The minimum absolute atomic E-state index is 0.00912. The summed E-state index contributed by atoms with van der Waals surface area (Å²) < 4.78 is 5.37. The van der Waals surface area contributed by atoms with Crippen LogP contribution in [0.4, 0.5) is 4.79 Å². The summed E-state index contributed by atoms with van der Waals surface area (Å²) >= 11 is 1.68. The molecule has 1 aliphatic rings. The van der Waals surface area contributed by atoms with Crippen LogP contribution in [0.1, 0.15) is 41.9 Å². The average Bonchev–Trinajstić information content (AvgIpc) is 3.27. The monoisotopic (exact) mass is 348 g/mol. The van der Waals surface area contributed by atoms with E-state index in [1.165, 1.54) is 5.56 Å². The van der Waals surface area contributed by atoms with Gasteiger partial charge in [0.15, 0.2) is 5.76 Å². The number of thiophene rings is 1. The van der Waals surface area contributed by atoms with Crippen molar-refractivity contribution < 1.29 is 9.32 Å². The van der Waals surface area contributed by atoms with E-state index in [0.29, 0.717) is 6.54 Å². The third-order valence-corrected chi connectivity index (χ3v) is 5.19.